The molecule has 5 heteroatoms. The van der Waals surface area contributed by atoms with E-state index in [4.69, 9.17) is 9.97 Å². The number of benzene rings is 1. The molecular weight excluding hydrogens is 322 g/mol. The summed E-state index contributed by atoms with van der Waals surface area (Å²) in [6, 6.07) is 8.74. The van der Waals surface area contributed by atoms with Crippen molar-refractivity contribution in [1.29, 1.82) is 0 Å². The standard InChI is InChI=1S/C21H31N5/c1-26(2)20-18-5-3-4-6-19(18)24-21(25-20)23-17-11-9-16(10-12-17)14-22-13-15-7-8-15/h3-6,15-17,22H,7-14H2,1-2H3,(H,23,24,25)/t16-,17+. The Morgan fingerprint density at radius 3 is 2.23 bits per heavy atom. The fourth-order valence-corrected chi connectivity index (χ4v) is 3.97. The van der Waals surface area contributed by atoms with Crippen LogP contribution in [0.3, 0.4) is 0 Å². The molecule has 1 aromatic heterocycles. The van der Waals surface area contributed by atoms with Crippen molar-refractivity contribution in [1.82, 2.24) is 15.3 Å². The van der Waals surface area contributed by atoms with Crippen LogP contribution in [0.1, 0.15) is 38.5 Å². The largest absolute Gasteiger partial charge is 0.362 e. The van der Waals surface area contributed by atoms with Crippen molar-refractivity contribution in [2.45, 2.75) is 44.6 Å². The van der Waals surface area contributed by atoms with E-state index in [0.717, 1.165) is 34.5 Å². The molecule has 0 radical (unpaired) electrons. The fraction of sp³-hybridized carbons (Fsp3) is 0.619. The minimum atomic E-state index is 0.492. The SMILES string of the molecule is CN(C)c1nc(N[C@H]2CC[C@@H](CNCC3CC3)CC2)nc2ccccc12. The molecule has 2 saturated carbocycles. The molecule has 0 amide bonds. The van der Waals surface area contributed by atoms with Crippen LogP contribution in [0.15, 0.2) is 24.3 Å². The van der Waals surface area contributed by atoms with Gasteiger partial charge in [0.25, 0.3) is 0 Å². The van der Waals surface area contributed by atoms with Crippen LogP contribution in [0.5, 0.6) is 0 Å². The number of rotatable bonds is 7. The molecule has 4 rings (SSSR count). The fourth-order valence-electron chi connectivity index (χ4n) is 3.97. The molecule has 140 valence electrons. The summed E-state index contributed by atoms with van der Waals surface area (Å²) >= 11 is 0. The van der Waals surface area contributed by atoms with Crippen molar-refractivity contribution in [3.63, 3.8) is 0 Å². The van der Waals surface area contributed by atoms with Crippen LogP contribution in [0.25, 0.3) is 10.9 Å². The number of aromatic nitrogens is 2. The lowest BCUT2D eigenvalue weighted by atomic mass is 9.86. The monoisotopic (exact) mass is 353 g/mol. The molecule has 2 fully saturated rings. The van der Waals surface area contributed by atoms with Crippen LogP contribution in [0.4, 0.5) is 11.8 Å². The zero-order valence-corrected chi connectivity index (χ0v) is 16.0. The first-order valence-electron chi connectivity index (χ1n) is 10.1. The second kappa shape index (κ2) is 7.78. The Morgan fingerprint density at radius 1 is 0.923 bits per heavy atom. The van der Waals surface area contributed by atoms with Gasteiger partial charge in [-0.15, -0.1) is 0 Å². The van der Waals surface area contributed by atoms with Gasteiger partial charge in [0.15, 0.2) is 0 Å². The van der Waals surface area contributed by atoms with E-state index < -0.39 is 0 Å². The Labute approximate surface area is 156 Å². The molecule has 1 heterocycles. The number of fused-ring (bicyclic) bond motifs is 1. The van der Waals surface area contributed by atoms with Crippen LogP contribution in [-0.4, -0.2) is 43.2 Å². The summed E-state index contributed by atoms with van der Waals surface area (Å²) in [4.78, 5) is 11.6. The van der Waals surface area contributed by atoms with Gasteiger partial charge in [-0.1, -0.05) is 12.1 Å². The summed E-state index contributed by atoms with van der Waals surface area (Å²) in [6.45, 7) is 2.43. The van der Waals surface area contributed by atoms with Crippen LogP contribution >= 0.6 is 0 Å². The molecule has 2 aromatic rings. The zero-order valence-electron chi connectivity index (χ0n) is 16.0. The number of anilines is 2. The lowest BCUT2D eigenvalue weighted by molar-refractivity contribution is 0.323. The van der Waals surface area contributed by atoms with Crippen molar-refractivity contribution in [3.8, 4) is 0 Å². The van der Waals surface area contributed by atoms with Gasteiger partial charge in [0.2, 0.25) is 5.95 Å². The van der Waals surface area contributed by atoms with E-state index in [-0.39, 0.29) is 0 Å². The Morgan fingerprint density at radius 2 is 1.58 bits per heavy atom. The minimum Gasteiger partial charge on any atom is -0.362 e. The lowest BCUT2D eigenvalue weighted by Crippen LogP contribution is -2.32. The molecule has 0 atom stereocenters. The number of hydrogen-bond donors (Lipinski definition) is 2. The molecule has 26 heavy (non-hydrogen) atoms. The second-order valence-electron chi connectivity index (χ2n) is 8.25. The van der Waals surface area contributed by atoms with Crippen molar-refractivity contribution < 1.29 is 0 Å². The summed E-state index contributed by atoms with van der Waals surface area (Å²) < 4.78 is 0. The highest BCUT2D eigenvalue weighted by Crippen LogP contribution is 2.29. The highest BCUT2D eigenvalue weighted by molar-refractivity contribution is 5.90. The maximum absolute atomic E-state index is 4.78. The van der Waals surface area contributed by atoms with Gasteiger partial charge in [-0.2, -0.15) is 4.98 Å². The quantitative estimate of drug-likeness (QED) is 0.795. The molecule has 0 bridgehead atoms. The molecule has 0 saturated heterocycles. The number of nitrogens with one attached hydrogen (secondary N) is 2. The van der Waals surface area contributed by atoms with Crippen LogP contribution in [-0.2, 0) is 0 Å². The summed E-state index contributed by atoms with van der Waals surface area (Å²) in [5, 5.41) is 8.38. The third kappa shape index (κ3) is 4.26. The van der Waals surface area contributed by atoms with Crippen molar-refractivity contribution in [2.75, 3.05) is 37.4 Å². The third-order valence-electron chi connectivity index (χ3n) is 5.75. The molecular formula is C21H31N5. The Balaban J connectivity index is 1.35. The number of hydrogen-bond acceptors (Lipinski definition) is 5. The molecule has 1 aromatic carbocycles. The van der Waals surface area contributed by atoms with E-state index in [1.807, 2.05) is 26.2 Å². The van der Waals surface area contributed by atoms with Crippen LogP contribution in [0.2, 0.25) is 0 Å². The Kier molecular flexibility index (Phi) is 5.25. The normalized spacial score (nSPS) is 23.2. The highest BCUT2D eigenvalue weighted by Gasteiger charge is 2.24. The topological polar surface area (TPSA) is 53.1 Å². The van der Waals surface area contributed by atoms with E-state index in [2.05, 4.69) is 27.7 Å². The molecule has 2 aliphatic carbocycles. The number of para-hydroxylation sites is 1. The summed E-state index contributed by atoms with van der Waals surface area (Å²) in [6.07, 6.45) is 7.88. The van der Waals surface area contributed by atoms with Gasteiger partial charge < -0.3 is 15.5 Å². The Bertz CT molecular complexity index is 732. The Hall–Kier alpha value is -1.88. The third-order valence-corrected chi connectivity index (χ3v) is 5.75. The van der Waals surface area contributed by atoms with Crippen molar-refractivity contribution in [3.05, 3.63) is 24.3 Å². The van der Waals surface area contributed by atoms with Crippen molar-refractivity contribution in [2.24, 2.45) is 11.8 Å². The van der Waals surface area contributed by atoms with E-state index >= 15 is 0 Å². The summed E-state index contributed by atoms with van der Waals surface area (Å²) in [5.74, 6) is 3.56. The molecule has 2 N–H and O–H groups in total. The van der Waals surface area contributed by atoms with Gasteiger partial charge in [0.1, 0.15) is 5.82 Å². The molecule has 0 unspecified atom stereocenters. The van der Waals surface area contributed by atoms with Gasteiger partial charge in [0, 0.05) is 25.5 Å². The number of nitrogens with zero attached hydrogens (tertiary/aromatic N) is 3. The first kappa shape index (κ1) is 17.5. The lowest BCUT2D eigenvalue weighted by Gasteiger charge is -2.29. The summed E-state index contributed by atoms with van der Waals surface area (Å²) in [5.41, 5.74) is 1.01. The predicted molar refractivity (Wildman–Crippen MR) is 109 cm³/mol. The van der Waals surface area contributed by atoms with Gasteiger partial charge in [-0.25, -0.2) is 4.98 Å². The van der Waals surface area contributed by atoms with Gasteiger partial charge in [-0.3, -0.25) is 0 Å². The van der Waals surface area contributed by atoms with Crippen molar-refractivity contribution >= 4 is 22.7 Å². The maximum atomic E-state index is 4.78. The van der Waals surface area contributed by atoms with E-state index in [1.54, 1.807) is 0 Å². The smallest absolute Gasteiger partial charge is 0.225 e. The van der Waals surface area contributed by atoms with Crippen LogP contribution in [0, 0.1) is 11.8 Å². The summed E-state index contributed by atoms with van der Waals surface area (Å²) in [7, 11) is 4.08. The van der Waals surface area contributed by atoms with E-state index in [9.17, 15) is 0 Å². The molecule has 0 aliphatic heterocycles. The first-order valence-corrected chi connectivity index (χ1v) is 10.1. The van der Waals surface area contributed by atoms with E-state index in [0.29, 0.717) is 6.04 Å². The van der Waals surface area contributed by atoms with E-state index in [1.165, 1.54) is 51.6 Å². The van der Waals surface area contributed by atoms with Gasteiger partial charge in [0.05, 0.1) is 5.52 Å². The maximum Gasteiger partial charge on any atom is 0.225 e. The average molecular weight is 354 g/mol. The predicted octanol–water partition coefficient (Wildman–Crippen LogP) is 3.67. The second-order valence-corrected chi connectivity index (χ2v) is 8.25. The highest BCUT2D eigenvalue weighted by atomic mass is 15.2. The molecule has 5 nitrogen and oxygen atoms in total. The van der Waals surface area contributed by atoms with Crippen LogP contribution < -0.4 is 15.5 Å². The minimum absolute atomic E-state index is 0.492. The van der Waals surface area contributed by atoms with Gasteiger partial charge in [-0.05, 0) is 75.6 Å². The van der Waals surface area contributed by atoms with Gasteiger partial charge >= 0.3 is 0 Å². The average Bonchev–Trinajstić information content (AvgIpc) is 3.47. The first-order chi connectivity index (χ1) is 12.7. The molecule has 2 aliphatic rings. The zero-order chi connectivity index (χ0) is 17.9. The molecule has 0 spiro atoms.